The van der Waals surface area contributed by atoms with E-state index in [2.05, 4.69) is 36.1 Å². The molecule has 2 aromatic carbocycles. The number of fused-ring (bicyclic) bond motifs is 1. The van der Waals surface area contributed by atoms with Crippen LogP contribution in [0.2, 0.25) is 5.02 Å². The molecule has 150 valence electrons. The van der Waals surface area contributed by atoms with Gasteiger partial charge in [0.05, 0.1) is 9.95 Å². The summed E-state index contributed by atoms with van der Waals surface area (Å²) in [6.07, 6.45) is 0. The summed E-state index contributed by atoms with van der Waals surface area (Å²) < 4.78 is 0.658. The quantitative estimate of drug-likeness (QED) is 0.444. The number of nitro groups is 1. The fourth-order valence-electron chi connectivity index (χ4n) is 3.51. The van der Waals surface area contributed by atoms with E-state index in [9.17, 15) is 14.9 Å². The smallest absolute Gasteiger partial charge is 0.270 e. The van der Waals surface area contributed by atoms with Crippen molar-refractivity contribution in [3.8, 4) is 0 Å². The number of piperazine rings is 1. The van der Waals surface area contributed by atoms with E-state index in [0.717, 1.165) is 19.6 Å². The minimum Gasteiger partial charge on any atom is -0.335 e. The minimum absolute atomic E-state index is 0.000800. The van der Waals surface area contributed by atoms with Crippen molar-refractivity contribution < 1.29 is 9.72 Å². The summed E-state index contributed by atoms with van der Waals surface area (Å²) in [7, 11) is 0. The Balaban J connectivity index is 1.44. The van der Waals surface area contributed by atoms with E-state index in [1.165, 1.54) is 34.6 Å². The number of hydrogen-bond donors (Lipinski definition) is 0. The summed E-state index contributed by atoms with van der Waals surface area (Å²) >= 11 is 7.66. The largest absolute Gasteiger partial charge is 0.335 e. The van der Waals surface area contributed by atoms with Crippen molar-refractivity contribution in [2.75, 3.05) is 26.2 Å². The van der Waals surface area contributed by atoms with Gasteiger partial charge in [0, 0.05) is 54.9 Å². The Hall–Kier alpha value is -2.48. The number of non-ortho nitro benzene ring substituents is 1. The highest BCUT2D eigenvalue weighted by Gasteiger charge is 2.26. The highest BCUT2D eigenvalue weighted by Crippen LogP contribution is 2.38. The maximum absolute atomic E-state index is 13.0. The molecule has 29 heavy (non-hydrogen) atoms. The number of rotatable bonds is 4. The summed E-state index contributed by atoms with van der Waals surface area (Å²) in [5, 5.41) is 12.1. The number of nitro benzene ring substituents is 1. The SMILES string of the molecule is Cc1ccc(CN2CCN(C(=O)c3sc4cc([N+](=O)[O-])ccc4c3Cl)CC2)cc1. The van der Waals surface area contributed by atoms with Crippen molar-refractivity contribution in [1.29, 1.82) is 0 Å². The number of carbonyl (C=O) groups is 1. The molecule has 1 aliphatic heterocycles. The van der Waals surface area contributed by atoms with Gasteiger partial charge in [-0.3, -0.25) is 19.8 Å². The van der Waals surface area contributed by atoms with Crippen LogP contribution < -0.4 is 0 Å². The molecule has 0 radical (unpaired) electrons. The van der Waals surface area contributed by atoms with Gasteiger partial charge in [0.15, 0.2) is 0 Å². The first-order chi connectivity index (χ1) is 13.9. The number of aryl methyl sites for hydroxylation is 1. The van der Waals surface area contributed by atoms with Gasteiger partial charge in [-0.15, -0.1) is 11.3 Å². The van der Waals surface area contributed by atoms with Crippen LogP contribution in [0.25, 0.3) is 10.1 Å². The van der Waals surface area contributed by atoms with Crippen LogP contribution in [0.15, 0.2) is 42.5 Å². The lowest BCUT2D eigenvalue weighted by Crippen LogP contribution is -2.48. The van der Waals surface area contributed by atoms with E-state index in [-0.39, 0.29) is 11.6 Å². The lowest BCUT2D eigenvalue weighted by Gasteiger charge is -2.34. The number of hydrogen-bond acceptors (Lipinski definition) is 5. The molecule has 4 rings (SSSR count). The number of thiophene rings is 1. The molecule has 1 fully saturated rings. The van der Waals surface area contributed by atoms with Crippen molar-refractivity contribution in [2.45, 2.75) is 13.5 Å². The topological polar surface area (TPSA) is 66.7 Å². The van der Waals surface area contributed by atoms with E-state index < -0.39 is 4.92 Å². The second-order valence-corrected chi connectivity index (χ2v) is 8.67. The monoisotopic (exact) mass is 429 g/mol. The molecule has 0 N–H and O–H groups in total. The number of halogens is 1. The van der Waals surface area contributed by atoms with Gasteiger partial charge < -0.3 is 4.90 Å². The van der Waals surface area contributed by atoms with E-state index in [1.54, 1.807) is 6.07 Å². The van der Waals surface area contributed by atoms with Gasteiger partial charge in [-0.2, -0.15) is 0 Å². The second-order valence-electron chi connectivity index (χ2n) is 7.24. The summed E-state index contributed by atoms with van der Waals surface area (Å²) in [4.78, 5) is 28.2. The summed E-state index contributed by atoms with van der Waals surface area (Å²) in [5.74, 6) is -0.103. The van der Waals surface area contributed by atoms with E-state index in [1.807, 2.05) is 4.90 Å². The van der Waals surface area contributed by atoms with Crippen molar-refractivity contribution >= 4 is 44.6 Å². The van der Waals surface area contributed by atoms with Gasteiger partial charge >= 0.3 is 0 Å². The molecule has 1 aromatic heterocycles. The van der Waals surface area contributed by atoms with Gasteiger partial charge in [0.25, 0.3) is 11.6 Å². The van der Waals surface area contributed by atoms with E-state index >= 15 is 0 Å². The summed E-state index contributed by atoms with van der Waals surface area (Å²) in [6, 6.07) is 13.0. The first-order valence-electron chi connectivity index (χ1n) is 9.36. The molecule has 8 heteroatoms. The highest BCUT2D eigenvalue weighted by atomic mass is 35.5. The third-order valence-corrected chi connectivity index (χ3v) is 6.85. The number of benzene rings is 2. The van der Waals surface area contributed by atoms with Gasteiger partial charge in [0.2, 0.25) is 0 Å². The van der Waals surface area contributed by atoms with Crippen LogP contribution in [0.3, 0.4) is 0 Å². The molecule has 1 saturated heterocycles. The predicted octanol–water partition coefficient (Wildman–Crippen LogP) is 4.73. The molecule has 3 aromatic rings. The Morgan fingerprint density at radius 3 is 2.48 bits per heavy atom. The molecule has 0 spiro atoms. The lowest BCUT2D eigenvalue weighted by atomic mass is 10.1. The third kappa shape index (κ3) is 4.12. The first kappa shape index (κ1) is 19.8. The number of nitrogens with zero attached hydrogens (tertiary/aromatic N) is 3. The molecule has 1 amide bonds. The van der Waals surface area contributed by atoms with Crippen LogP contribution in [0.1, 0.15) is 20.8 Å². The van der Waals surface area contributed by atoms with Gasteiger partial charge in [-0.05, 0) is 18.6 Å². The van der Waals surface area contributed by atoms with Gasteiger partial charge in [-0.25, -0.2) is 0 Å². The van der Waals surface area contributed by atoms with E-state index in [0.29, 0.717) is 33.1 Å². The van der Waals surface area contributed by atoms with Crippen LogP contribution in [0.4, 0.5) is 5.69 Å². The zero-order valence-electron chi connectivity index (χ0n) is 15.9. The average Bonchev–Trinajstić information content (AvgIpc) is 3.05. The number of amides is 1. The molecule has 0 aliphatic carbocycles. The average molecular weight is 430 g/mol. The zero-order chi connectivity index (χ0) is 20.5. The zero-order valence-corrected chi connectivity index (χ0v) is 17.5. The maximum atomic E-state index is 13.0. The summed E-state index contributed by atoms with van der Waals surface area (Å²) in [5.41, 5.74) is 2.51. The molecule has 0 bridgehead atoms. The van der Waals surface area contributed by atoms with Crippen molar-refractivity contribution in [3.63, 3.8) is 0 Å². The van der Waals surface area contributed by atoms with Gasteiger partial charge in [0.1, 0.15) is 4.88 Å². The lowest BCUT2D eigenvalue weighted by molar-refractivity contribution is -0.384. The number of carbonyl (C=O) groups excluding carboxylic acids is 1. The van der Waals surface area contributed by atoms with Crippen LogP contribution >= 0.6 is 22.9 Å². The standard InChI is InChI=1S/C21H20ClN3O3S/c1-14-2-4-15(5-3-14)13-23-8-10-24(11-9-23)21(26)20-19(22)17-7-6-16(25(27)28)12-18(17)29-20/h2-7,12H,8-11,13H2,1H3. The molecular weight excluding hydrogens is 410 g/mol. The molecular formula is C21H20ClN3O3S. The predicted molar refractivity (Wildman–Crippen MR) is 116 cm³/mol. The Labute approximate surface area is 177 Å². The molecule has 6 nitrogen and oxygen atoms in total. The Bertz CT molecular complexity index is 1070. The van der Waals surface area contributed by atoms with Gasteiger partial charge in [-0.1, -0.05) is 41.4 Å². The molecule has 2 heterocycles. The van der Waals surface area contributed by atoms with Crippen LogP contribution in [-0.2, 0) is 6.54 Å². The Morgan fingerprint density at radius 1 is 1.14 bits per heavy atom. The van der Waals surface area contributed by atoms with Crippen LogP contribution in [0, 0.1) is 17.0 Å². The fourth-order valence-corrected chi connectivity index (χ4v) is 5.02. The Kier molecular flexibility index (Phi) is 5.54. The maximum Gasteiger partial charge on any atom is 0.270 e. The van der Waals surface area contributed by atoms with Crippen LogP contribution in [0.5, 0.6) is 0 Å². The first-order valence-corrected chi connectivity index (χ1v) is 10.6. The van der Waals surface area contributed by atoms with Crippen LogP contribution in [-0.4, -0.2) is 46.8 Å². The molecule has 0 saturated carbocycles. The second kappa shape index (κ2) is 8.10. The molecule has 0 unspecified atom stereocenters. The van der Waals surface area contributed by atoms with E-state index in [4.69, 9.17) is 11.6 Å². The molecule has 1 aliphatic rings. The minimum atomic E-state index is -0.443. The molecule has 0 atom stereocenters. The highest BCUT2D eigenvalue weighted by molar-refractivity contribution is 7.21. The van der Waals surface area contributed by atoms with Crippen molar-refractivity contribution in [1.82, 2.24) is 9.80 Å². The third-order valence-electron chi connectivity index (χ3n) is 5.20. The van der Waals surface area contributed by atoms with Crippen molar-refractivity contribution in [3.05, 3.63) is 73.6 Å². The summed E-state index contributed by atoms with van der Waals surface area (Å²) in [6.45, 7) is 5.81. The Morgan fingerprint density at radius 2 is 1.83 bits per heavy atom. The fraction of sp³-hybridized carbons (Fsp3) is 0.286. The van der Waals surface area contributed by atoms with Crippen molar-refractivity contribution in [2.24, 2.45) is 0 Å². The normalized spacial score (nSPS) is 15.0.